The number of imidazole rings is 1. The number of carbonyl (C=O) groups is 1. The van der Waals surface area contributed by atoms with E-state index in [0.29, 0.717) is 0 Å². The van der Waals surface area contributed by atoms with Crippen LogP contribution in [0.5, 0.6) is 5.75 Å². The van der Waals surface area contributed by atoms with Gasteiger partial charge in [-0.2, -0.15) is 0 Å². The average Bonchev–Trinajstić information content (AvgIpc) is 3.44. The molecule has 1 saturated heterocycles. The molecule has 9 heteroatoms. The Kier molecular flexibility index (Phi) is 6.42. The zero-order valence-electron chi connectivity index (χ0n) is 20.5. The van der Waals surface area contributed by atoms with Crippen LogP contribution in [0.2, 0.25) is 0 Å². The smallest absolute Gasteiger partial charge is 0.224 e. The van der Waals surface area contributed by atoms with Gasteiger partial charge in [-0.3, -0.25) is 4.79 Å². The minimum Gasteiger partial charge on any atom is -0.496 e. The maximum absolute atomic E-state index is 13.5. The van der Waals surface area contributed by atoms with Crippen molar-refractivity contribution < 1.29 is 9.53 Å². The number of rotatable bonds is 6. The second-order valence-corrected chi connectivity index (χ2v) is 10.2. The number of aryl methyl sites for hydroxylation is 3. The summed E-state index contributed by atoms with van der Waals surface area (Å²) in [5.41, 5.74) is 2.14. The van der Waals surface area contributed by atoms with Crippen molar-refractivity contribution in [2.45, 2.75) is 32.7 Å². The summed E-state index contributed by atoms with van der Waals surface area (Å²) in [4.78, 5) is 31.7. The van der Waals surface area contributed by atoms with Crippen LogP contribution in [-0.2, 0) is 11.8 Å². The molecule has 0 saturated carbocycles. The van der Waals surface area contributed by atoms with Crippen molar-refractivity contribution in [3.63, 3.8) is 0 Å². The molecule has 1 aliphatic rings. The van der Waals surface area contributed by atoms with E-state index in [9.17, 15) is 4.79 Å². The van der Waals surface area contributed by atoms with Gasteiger partial charge in [-0.25, -0.2) is 15.0 Å². The van der Waals surface area contributed by atoms with Crippen molar-refractivity contribution in [1.82, 2.24) is 24.8 Å². The Balaban J connectivity index is 1.34. The van der Waals surface area contributed by atoms with E-state index in [1.165, 1.54) is 10.4 Å². The summed E-state index contributed by atoms with van der Waals surface area (Å²) < 4.78 is 7.53. The number of hydrogen-bond donors (Lipinski definition) is 1. The minimum absolute atomic E-state index is 0.0407. The number of thiophene rings is 1. The first kappa shape index (κ1) is 23.3. The zero-order valence-corrected chi connectivity index (χ0v) is 21.3. The lowest BCUT2D eigenvalue weighted by Gasteiger charge is -2.33. The lowest BCUT2D eigenvalue weighted by atomic mass is 9.94. The maximum atomic E-state index is 13.5. The Morgan fingerprint density at radius 2 is 1.94 bits per heavy atom. The fourth-order valence-corrected chi connectivity index (χ4v) is 5.85. The van der Waals surface area contributed by atoms with Crippen LogP contribution >= 0.6 is 11.3 Å². The molecule has 182 valence electrons. The summed E-state index contributed by atoms with van der Waals surface area (Å²) in [5.74, 6) is 2.44. The SMILES string of the molecule is COc1ccccc1C(NC(=O)C1CCN(c2ncnc3sc(C)c(C)c23)CC1)c1nccn1C. The second-order valence-electron chi connectivity index (χ2n) is 9.00. The van der Waals surface area contributed by atoms with Gasteiger partial charge in [-0.05, 0) is 38.3 Å². The number of hydrogen-bond acceptors (Lipinski definition) is 7. The number of nitrogens with zero attached hydrogens (tertiary/aromatic N) is 5. The molecule has 35 heavy (non-hydrogen) atoms. The van der Waals surface area contributed by atoms with Gasteiger partial charge in [0.1, 0.15) is 34.6 Å². The third-order valence-electron chi connectivity index (χ3n) is 6.96. The lowest BCUT2D eigenvalue weighted by Crippen LogP contribution is -2.42. The van der Waals surface area contributed by atoms with E-state index in [2.05, 4.69) is 39.0 Å². The number of fused-ring (bicyclic) bond motifs is 1. The normalized spacial score (nSPS) is 15.4. The fraction of sp³-hybridized carbons (Fsp3) is 0.385. The third kappa shape index (κ3) is 4.36. The van der Waals surface area contributed by atoms with Crippen molar-refractivity contribution in [2.24, 2.45) is 13.0 Å². The lowest BCUT2D eigenvalue weighted by molar-refractivity contribution is -0.126. The fourth-order valence-electron chi connectivity index (χ4n) is 4.86. The van der Waals surface area contributed by atoms with Crippen molar-refractivity contribution in [1.29, 1.82) is 0 Å². The molecule has 4 aromatic rings. The van der Waals surface area contributed by atoms with Gasteiger partial charge in [0.15, 0.2) is 0 Å². The number of ether oxygens (including phenoxy) is 1. The predicted octanol–water partition coefficient (Wildman–Crippen LogP) is 4.17. The van der Waals surface area contributed by atoms with E-state index in [1.807, 2.05) is 42.1 Å². The molecule has 1 aliphatic heterocycles. The molecule has 1 unspecified atom stereocenters. The van der Waals surface area contributed by atoms with Crippen LogP contribution < -0.4 is 15.0 Å². The molecule has 1 amide bonds. The van der Waals surface area contributed by atoms with E-state index in [1.54, 1.807) is 31.0 Å². The number of piperidine rings is 1. The first-order valence-electron chi connectivity index (χ1n) is 11.8. The molecule has 5 rings (SSSR count). The number of amides is 1. The molecule has 3 aromatic heterocycles. The molecule has 0 aliphatic carbocycles. The van der Waals surface area contributed by atoms with Crippen molar-refractivity contribution in [3.8, 4) is 5.75 Å². The van der Waals surface area contributed by atoms with Gasteiger partial charge in [0.25, 0.3) is 0 Å². The van der Waals surface area contributed by atoms with Gasteiger partial charge >= 0.3 is 0 Å². The van der Waals surface area contributed by atoms with E-state index in [0.717, 1.165) is 59.1 Å². The molecule has 1 fully saturated rings. The predicted molar refractivity (Wildman–Crippen MR) is 138 cm³/mol. The topological polar surface area (TPSA) is 85.2 Å². The quantitative estimate of drug-likeness (QED) is 0.437. The van der Waals surface area contributed by atoms with Gasteiger partial charge in [0.2, 0.25) is 5.91 Å². The summed E-state index contributed by atoms with van der Waals surface area (Å²) >= 11 is 1.71. The van der Waals surface area contributed by atoms with E-state index >= 15 is 0 Å². The molecule has 0 bridgehead atoms. The number of carbonyl (C=O) groups excluding carboxylic acids is 1. The van der Waals surface area contributed by atoms with Crippen molar-refractivity contribution >= 4 is 33.3 Å². The van der Waals surface area contributed by atoms with Crippen molar-refractivity contribution in [2.75, 3.05) is 25.1 Å². The monoisotopic (exact) mass is 490 g/mol. The van der Waals surface area contributed by atoms with Crippen LogP contribution in [0.25, 0.3) is 10.2 Å². The van der Waals surface area contributed by atoms with Gasteiger partial charge in [0, 0.05) is 48.9 Å². The largest absolute Gasteiger partial charge is 0.496 e. The van der Waals surface area contributed by atoms with Crippen molar-refractivity contribution in [3.05, 3.63) is 64.8 Å². The summed E-state index contributed by atoms with van der Waals surface area (Å²) in [6, 6.07) is 7.37. The molecule has 0 spiro atoms. The van der Waals surface area contributed by atoms with Gasteiger partial charge in [-0.1, -0.05) is 18.2 Å². The zero-order chi connectivity index (χ0) is 24.5. The Morgan fingerprint density at radius 3 is 2.66 bits per heavy atom. The second kappa shape index (κ2) is 9.65. The van der Waals surface area contributed by atoms with Crippen LogP contribution in [0.3, 0.4) is 0 Å². The van der Waals surface area contributed by atoms with E-state index in [-0.39, 0.29) is 11.8 Å². The summed E-state index contributed by atoms with van der Waals surface area (Å²) in [6.45, 7) is 5.82. The van der Waals surface area contributed by atoms with Crippen LogP contribution in [-0.4, -0.2) is 45.6 Å². The van der Waals surface area contributed by atoms with Crippen LogP contribution in [0.4, 0.5) is 5.82 Å². The maximum Gasteiger partial charge on any atom is 0.224 e. The molecule has 4 heterocycles. The highest BCUT2D eigenvalue weighted by atomic mass is 32.1. The summed E-state index contributed by atoms with van der Waals surface area (Å²) in [5, 5.41) is 4.42. The summed E-state index contributed by atoms with van der Waals surface area (Å²) in [7, 11) is 3.58. The molecule has 1 atom stereocenters. The first-order valence-corrected chi connectivity index (χ1v) is 12.7. The van der Waals surface area contributed by atoms with E-state index in [4.69, 9.17) is 4.74 Å². The van der Waals surface area contributed by atoms with E-state index < -0.39 is 6.04 Å². The number of benzene rings is 1. The van der Waals surface area contributed by atoms with Gasteiger partial charge in [-0.15, -0.1) is 11.3 Å². The molecular weight excluding hydrogens is 460 g/mol. The highest BCUT2D eigenvalue weighted by Crippen LogP contribution is 2.36. The Labute approximate surface area is 209 Å². The van der Waals surface area contributed by atoms with Crippen LogP contribution in [0.15, 0.2) is 43.0 Å². The van der Waals surface area contributed by atoms with Crippen LogP contribution in [0, 0.1) is 19.8 Å². The molecule has 1 aromatic carbocycles. The Hall–Kier alpha value is -3.46. The van der Waals surface area contributed by atoms with Gasteiger partial charge in [0.05, 0.1) is 12.5 Å². The van der Waals surface area contributed by atoms with Crippen LogP contribution in [0.1, 0.15) is 40.7 Å². The molecule has 1 N–H and O–H groups in total. The first-order chi connectivity index (χ1) is 17.0. The third-order valence-corrected chi connectivity index (χ3v) is 8.08. The standard InChI is InChI=1S/C26H30N6O2S/c1-16-17(2)35-26-21(16)23(28-15-29-26)32-12-9-18(10-13-32)25(33)30-22(24-27-11-14-31(24)3)19-7-5-6-8-20(19)34-4/h5-8,11,14-15,18,22H,9-10,12-13H2,1-4H3,(H,30,33). The Bertz CT molecular complexity index is 1360. The minimum atomic E-state index is -0.394. The summed E-state index contributed by atoms with van der Waals surface area (Å²) in [6.07, 6.45) is 6.81. The number of nitrogens with one attached hydrogen (secondary N) is 1. The highest BCUT2D eigenvalue weighted by Gasteiger charge is 2.31. The highest BCUT2D eigenvalue weighted by molar-refractivity contribution is 7.18. The molecule has 0 radical (unpaired) electrons. The number of anilines is 1. The molecule has 8 nitrogen and oxygen atoms in total. The number of para-hydroxylation sites is 1. The number of methoxy groups -OCH3 is 1. The van der Waals surface area contributed by atoms with Gasteiger partial charge < -0.3 is 19.5 Å². The Morgan fingerprint density at radius 1 is 1.17 bits per heavy atom. The average molecular weight is 491 g/mol. The molecular formula is C26H30N6O2S. The number of aromatic nitrogens is 4.